The van der Waals surface area contributed by atoms with Crippen LogP contribution in [0.5, 0.6) is 0 Å². The van der Waals surface area contributed by atoms with Crippen LogP contribution in [0.25, 0.3) is 10.9 Å². The summed E-state index contributed by atoms with van der Waals surface area (Å²) >= 11 is 1.42. The molecule has 1 aliphatic heterocycles. The van der Waals surface area contributed by atoms with Crippen LogP contribution in [-0.2, 0) is 11.3 Å². The monoisotopic (exact) mass is 396 g/mol. The normalized spacial score (nSPS) is 16.6. The number of rotatable bonds is 5. The molecule has 0 unspecified atom stereocenters. The molecule has 1 aliphatic rings. The van der Waals surface area contributed by atoms with E-state index in [1.165, 1.54) is 11.3 Å². The lowest BCUT2D eigenvalue weighted by atomic mass is 10.0. The van der Waals surface area contributed by atoms with Crippen LogP contribution in [0.2, 0.25) is 0 Å². The van der Waals surface area contributed by atoms with Crippen molar-refractivity contribution in [3.8, 4) is 0 Å². The maximum Gasteiger partial charge on any atom is 0.264 e. The Hall–Kier alpha value is -2.44. The Morgan fingerprint density at radius 2 is 2.18 bits per heavy atom. The van der Waals surface area contributed by atoms with Gasteiger partial charge >= 0.3 is 0 Å². The van der Waals surface area contributed by atoms with E-state index in [2.05, 4.69) is 11.1 Å². The Labute approximate surface area is 168 Å². The Kier molecular flexibility index (Phi) is 5.33. The van der Waals surface area contributed by atoms with Gasteiger partial charge in [0.05, 0.1) is 23.0 Å². The summed E-state index contributed by atoms with van der Waals surface area (Å²) in [4.78, 5) is 31.2. The van der Waals surface area contributed by atoms with Crippen molar-refractivity contribution >= 4 is 28.1 Å². The Morgan fingerprint density at radius 3 is 2.89 bits per heavy atom. The van der Waals surface area contributed by atoms with Crippen LogP contribution in [0.3, 0.4) is 0 Å². The van der Waals surface area contributed by atoms with E-state index in [-0.39, 0.29) is 24.1 Å². The van der Waals surface area contributed by atoms with Crippen LogP contribution >= 0.6 is 11.3 Å². The standard InChI is InChI=1S/C22H24N2O3S/c1-14-7-8-16-11-17(21(25)23-20(16)15(14)2)12-24(13-18-5-3-9-27-18)22(26)19-6-4-10-28-19/h4,6-8,10-11,18H,3,5,9,12-13H2,1-2H3,(H,23,25)/t18-/m1/s1. The highest BCUT2D eigenvalue weighted by molar-refractivity contribution is 7.12. The van der Waals surface area contributed by atoms with Crippen LogP contribution < -0.4 is 5.56 Å². The molecule has 3 aromatic rings. The molecule has 28 heavy (non-hydrogen) atoms. The molecule has 0 bridgehead atoms. The minimum atomic E-state index is -0.141. The number of aromatic amines is 1. The maximum atomic E-state index is 13.0. The number of pyridine rings is 1. The Bertz CT molecular complexity index is 1050. The first kappa shape index (κ1) is 18.9. The zero-order chi connectivity index (χ0) is 19.7. The molecule has 2 aromatic heterocycles. The summed E-state index contributed by atoms with van der Waals surface area (Å²) in [5.41, 5.74) is 3.54. The Balaban J connectivity index is 1.67. The summed E-state index contributed by atoms with van der Waals surface area (Å²) in [5.74, 6) is -0.0508. The van der Waals surface area contributed by atoms with E-state index in [4.69, 9.17) is 4.74 Å². The van der Waals surface area contributed by atoms with Crippen molar-refractivity contribution in [1.82, 2.24) is 9.88 Å². The highest BCUT2D eigenvalue weighted by atomic mass is 32.1. The number of ether oxygens (including phenoxy) is 1. The number of carbonyl (C=O) groups excluding carboxylic acids is 1. The lowest BCUT2D eigenvalue weighted by molar-refractivity contribution is 0.0510. The Morgan fingerprint density at radius 1 is 1.32 bits per heavy atom. The van der Waals surface area contributed by atoms with Crippen LogP contribution in [-0.4, -0.2) is 35.0 Å². The number of nitrogens with zero attached hydrogens (tertiary/aromatic N) is 1. The van der Waals surface area contributed by atoms with Crippen molar-refractivity contribution in [3.05, 3.63) is 67.6 Å². The minimum Gasteiger partial charge on any atom is -0.376 e. The van der Waals surface area contributed by atoms with Gasteiger partial charge in [0.25, 0.3) is 11.5 Å². The van der Waals surface area contributed by atoms with Gasteiger partial charge in [-0.05, 0) is 60.7 Å². The summed E-state index contributed by atoms with van der Waals surface area (Å²) in [6, 6.07) is 9.68. The maximum absolute atomic E-state index is 13.0. The summed E-state index contributed by atoms with van der Waals surface area (Å²) in [6.07, 6.45) is 2.00. The van der Waals surface area contributed by atoms with Gasteiger partial charge in [0, 0.05) is 18.7 Å². The number of hydrogen-bond donors (Lipinski definition) is 1. The molecule has 1 atom stereocenters. The molecule has 1 N–H and O–H groups in total. The van der Waals surface area contributed by atoms with Gasteiger partial charge in [-0.25, -0.2) is 0 Å². The first-order chi connectivity index (χ1) is 13.5. The molecule has 0 saturated carbocycles. The number of hydrogen-bond acceptors (Lipinski definition) is 4. The first-order valence-electron chi connectivity index (χ1n) is 9.59. The van der Waals surface area contributed by atoms with Gasteiger partial charge < -0.3 is 14.6 Å². The van der Waals surface area contributed by atoms with Crippen LogP contribution in [0, 0.1) is 13.8 Å². The number of amides is 1. The van der Waals surface area contributed by atoms with Gasteiger partial charge in [0.2, 0.25) is 0 Å². The van der Waals surface area contributed by atoms with Crippen LogP contribution in [0.1, 0.15) is 39.2 Å². The second-order valence-electron chi connectivity index (χ2n) is 7.39. The molecule has 0 radical (unpaired) electrons. The van der Waals surface area contributed by atoms with Crippen LogP contribution in [0.4, 0.5) is 0 Å². The molecule has 0 spiro atoms. The van der Waals surface area contributed by atoms with E-state index < -0.39 is 0 Å². The van der Waals surface area contributed by atoms with Crippen molar-refractivity contribution in [2.45, 2.75) is 39.3 Å². The summed E-state index contributed by atoms with van der Waals surface area (Å²) in [7, 11) is 0. The number of thiophene rings is 1. The van der Waals surface area contributed by atoms with E-state index in [0.29, 0.717) is 17.0 Å². The van der Waals surface area contributed by atoms with Gasteiger partial charge in [-0.3, -0.25) is 9.59 Å². The molecule has 1 aromatic carbocycles. The van der Waals surface area contributed by atoms with E-state index >= 15 is 0 Å². The molecule has 5 nitrogen and oxygen atoms in total. The number of aryl methyl sites for hydroxylation is 2. The van der Waals surface area contributed by atoms with Gasteiger partial charge in [0.15, 0.2) is 0 Å². The van der Waals surface area contributed by atoms with E-state index in [1.807, 2.05) is 43.5 Å². The van der Waals surface area contributed by atoms with Crippen molar-refractivity contribution in [3.63, 3.8) is 0 Å². The SMILES string of the molecule is Cc1ccc2cc(CN(C[C@H]3CCCO3)C(=O)c3cccs3)c(=O)[nH]c2c1C. The molecular formula is C22H24N2O3S. The zero-order valence-electron chi connectivity index (χ0n) is 16.2. The highest BCUT2D eigenvalue weighted by Gasteiger charge is 2.25. The number of benzene rings is 1. The predicted molar refractivity (Wildman–Crippen MR) is 112 cm³/mol. The number of fused-ring (bicyclic) bond motifs is 1. The van der Waals surface area contributed by atoms with Gasteiger partial charge in [0.1, 0.15) is 0 Å². The second-order valence-corrected chi connectivity index (χ2v) is 8.34. The third-order valence-electron chi connectivity index (χ3n) is 5.46. The largest absolute Gasteiger partial charge is 0.376 e. The summed E-state index contributed by atoms with van der Waals surface area (Å²) < 4.78 is 5.74. The lowest BCUT2D eigenvalue weighted by Gasteiger charge is -2.25. The third-order valence-corrected chi connectivity index (χ3v) is 6.31. The van der Waals surface area contributed by atoms with Gasteiger partial charge in [-0.2, -0.15) is 0 Å². The number of nitrogens with one attached hydrogen (secondary N) is 1. The average Bonchev–Trinajstić information content (AvgIpc) is 3.39. The third kappa shape index (κ3) is 3.75. The van der Waals surface area contributed by atoms with Gasteiger partial charge in [-0.15, -0.1) is 11.3 Å². The summed E-state index contributed by atoms with van der Waals surface area (Å²) in [5, 5.41) is 2.88. The molecule has 1 amide bonds. The molecule has 146 valence electrons. The fourth-order valence-corrected chi connectivity index (χ4v) is 4.39. The van der Waals surface area contributed by atoms with Crippen molar-refractivity contribution in [1.29, 1.82) is 0 Å². The van der Waals surface area contributed by atoms with E-state index in [0.717, 1.165) is 41.5 Å². The fourth-order valence-electron chi connectivity index (χ4n) is 3.70. The lowest BCUT2D eigenvalue weighted by Crippen LogP contribution is -2.38. The quantitative estimate of drug-likeness (QED) is 0.708. The molecular weight excluding hydrogens is 372 g/mol. The number of carbonyl (C=O) groups is 1. The second kappa shape index (κ2) is 7.89. The number of H-pyrrole nitrogens is 1. The minimum absolute atomic E-state index is 0.0355. The summed E-state index contributed by atoms with van der Waals surface area (Å²) in [6.45, 7) is 5.55. The topological polar surface area (TPSA) is 62.4 Å². The number of aromatic nitrogens is 1. The molecule has 3 heterocycles. The first-order valence-corrected chi connectivity index (χ1v) is 10.5. The fraction of sp³-hybridized carbons (Fsp3) is 0.364. The molecule has 1 fully saturated rings. The molecule has 1 saturated heterocycles. The van der Waals surface area contributed by atoms with Crippen molar-refractivity contribution < 1.29 is 9.53 Å². The smallest absolute Gasteiger partial charge is 0.264 e. The van der Waals surface area contributed by atoms with E-state index in [1.54, 1.807) is 4.90 Å². The zero-order valence-corrected chi connectivity index (χ0v) is 17.0. The molecule has 6 heteroatoms. The predicted octanol–water partition coefficient (Wildman–Crippen LogP) is 4.03. The van der Waals surface area contributed by atoms with Gasteiger partial charge in [-0.1, -0.05) is 18.2 Å². The molecule has 0 aliphatic carbocycles. The van der Waals surface area contributed by atoms with Crippen LogP contribution in [0.15, 0.2) is 40.5 Å². The van der Waals surface area contributed by atoms with Crippen molar-refractivity contribution in [2.75, 3.05) is 13.2 Å². The average molecular weight is 397 g/mol. The van der Waals surface area contributed by atoms with E-state index in [9.17, 15) is 9.59 Å². The highest BCUT2D eigenvalue weighted by Crippen LogP contribution is 2.21. The van der Waals surface area contributed by atoms with Crippen molar-refractivity contribution in [2.24, 2.45) is 0 Å². The molecule has 4 rings (SSSR count).